The summed E-state index contributed by atoms with van der Waals surface area (Å²) < 4.78 is 4.62. The van der Waals surface area contributed by atoms with Crippen LogP contribution in [0.25, 0.3) is 0 Å². The van der Waals surface area contributed by atoms with Gasteiger partial charge in [0.2, 0.25) is 0 Å². The Morgan fingerprint density at radius 2 is 2.10 bits per heavy atom. The van der Waals surface area contributed by atoms with Crippen molar-refractivity contribution < 1.29 is 14.3 Å². The first-order valence-corrected chi connectivity index (χ1v) is 5.81. The Kier molecular flexibility index (Phi) is 3.95. The van der Waals surface area contributed by atoms with Gasteiger partial charge in [0.25, 0.3) is 5.91 Å². The third-order valence-corrected chi connectivity index (χ3v) is 2.64. The number of nitrogens with zero attached hydrogens (tertiary/aromatic N) is 1. The molecule has 0 saturated carbocycles. The standard InChI is InChI=1S/C14H13N3O3/c1-20-14(19)9-3-2-4-10(7-9)17-13(18)11-8-16-6-5-12(11)15/h2-8H,1H3,(H2,15,16)(H,17,18). The lowest BCUT2D eigenvalue weighted by molar-refractivity contribution is 0.0600. The molecule has 0 atom stereocenters. The normalized spacial score (nSPS) is 9.85. The van der Waals surface area contributed by atoms with Crippen molar-refractivity contribution in [1.82, 2.24) is 4.98 Å². The second-order valence-corrected chi connectivity index (χ2v) is 3.99. The van der Waals surface area contributed by atoms with E-state index in [0.717, 1.165) is 0 Å². The predicted molar refractivity (Wildman–Crippen MR) is 74.4 cm³/mol. The van der Waals surface area contributed by atoms with Crippen LogP contribution < -0.4 is 11.1 Å². The average Bonchev–Trinajstić information content (AvgIpc) is 2.47. The molecule has 6 heteroatoms. The molecule has 0 spiro atoms. The first-order chi connectivity index (χ1) is 9.61. The number of hydrogen-bond acceptors (Lipinski definition) is 5. The van der Waals surface area contributed by atoms with Crippen molar-refractivity contribution in [1.29, 1.82) is 0 Å². The number of ether oxygens (including phenoxy) is 1. The molecular formula is C14H13N3O3. The summed E-state index contributed by atoms with van der Waals surface area (Å²) in [5.74, 6) is -0.861. The van der Waals surface area contributed by atoms with E-state index in [0.29, 0.717) is 16.9 Å². The minimum Gasteiger partial charge on any atom is -0.465 e. The van der Waals surface area contributed by atoms with E-state index in [1.165, 1.54) is 25.6 Å². The van der Waals surface area contributed by atoms with Crippen LogP contribution in [0.5, 0.6) is 0 Å². The number of benzene rings is 1. The Balaban J connectivity index is 2.20. The summed E-state index contributed by atoms with van der Waals surface area (Å²) in [6, 6.07) is 7.97. The van der Waals surface area contributed by atoms with Gasteiger partial charge in [-0.3, -0.25) is 9.78 Å². The van der Waals surface area contributed by atoms with Gasteiger partial charge in [0.1, 0.15) is 0 Å². The van der Waals surface area contributed by atoms with Crippen LogP contribution in [0.2, 0.25) is 0 Å². The maximum absolute atomic E-state index is 12.0. The second kappa shape index (κ2) is 5.83. The number of hydrogen-bond donors (Lipinski definition) is 2. The van der Waals surface area contributed by atoms with E-state index in [-0.39, 0.29) is 5.56 Å². The van der Waals surface area contributed by atoms with Crippen LogP contribution in [-0.2, 0) is 4.74 Å². The number of amides is 1. The molecule has 6 nitrogen and oxygen atoms in total. The van der Waals surface area contributed by atoms with E-state index in [4.69, 9.17) is 5.73 Å². The summed E-state index contributed by atoms with van der Waals surface area (Å²) in [6.45, 7) is 0. The molecule has 1 amide bonds. The number of aromatic nitrogens is 1. The molecule has 20 heavy (non-hydrogen) atoms. The fraction of sp³-hybridized carbons (Fsp3) is 0.0714. The summed E-state index contributed by atoms with van der Waals surface area (Å²) in [4.78, 5) is 27.3. The number of esters is 1. The van der Waals surface area contributed by atoms with Gasteiger partial charge in [-0.25, -0.2) is 4.79 Å². The second-order valence-electron chi connectivity index (χ2n) is 3.99. The number of nitrogen functional groups attached to an aromatic ring is 1. The van der Waals surface area contributed by atoms with Crippen molar-refractivity contribution in [2.75, 3.05) is 18.2 Å². The molecule has 0 aliphatic rings. The number of nitrogens with two attached hydrogens (primary N) is 1. The Morgan fingerprint density at radius 3 is 2.80 bits per heavy atom. The van der Waals surface area contributed by atoms with Gasteiger partial charge in [0.15, 0.2) is 0 Å². The molecule has 0 aliphatic carbocycles. The Labute approximate surface area is 115 Å². The molecule has 0 fully saturated rings. The molecule has 1 aromatic carbocycles. The van der Waals surface area contributed by atoms with E-state index in [1.807, 2.05) is 0 Å². The highest BCUT2D eigenvalue weighted by Crippen LogP contribution is 2.15. The molecule has 0 unspecified atom stereocenters. The van der Waals surface area contributed by atoms with Crippen LogP contribution in [0.1, 0.15) is 20.7 Å². The molecule has 2 aromatic rings. The minimum absolute atomic E-state index is 0.274. The summed E-state index contributed by atoms with van der Waals surface area (Å²) in [5.41, 5.74) is 7.13. The van der Waals surface area contributed by atoms with E-state index >= 15 is 0 Å². The van der Waals surface area contributed by atoms with Crippen molar-refractivity contribution in [3.8, 4) is 0 Å². The van der Waals surface area contributed by atoms with Crippen molar-refractivity contribution in [3.05, 3.63) is 53.9 Å². The summed E-state index contributed by atoms with van der Waals surface area (Å²) >= 11 is 0. The summed E-state index contributed by atoms with van der Waals surface area (Å²) in [5, 5.41) is 2.65. The van der Waals surface area contributed by atoms with Crippen LogP contribution >= 0.6 is 0 Å². The largest absolute Gasteiger partial charge is 0.465 e. The third-order valence-electron chi connectivity index (χ3n) is 2.64. The molecular weight excluding hydrogens is 258 g/mol. The zero-order chi connectivity index (χ0) is 14.5. The maximum Gasteiger partial charge on any atom is 0.337 e. The van der Waals surface area contributed by atoms with Gasteiger partial charge in [-0.1, -0.05) is 6.07 Å². The SMILES string of the molecule is COC(=O)c1cccc(NC(=O)c2cnccc2N)c1. The lowest BCUT2D eigenvalue weighted by Gasteiger charge is -2.08. The number of carbonyl (C=O) groups excluding carboxylic acids is 2. The molecule has 1 aromatic heterocycles. The van der Waals surface area contributed by atoms with Crippen LogP contribution in [0, 0.1) is 0 Å². The van der Waals surface area contributed by atoms with Crippen molar-refractivity contribution in [2.45, 2.75) is 0 Å². The van der Waals surface area contributed by atoms with Crippen LogP contribution in [0.3, 0.4) is 0 Å². The van der Waals surface area contributed by atoms with Crippen LogP contribution in [0.4, 0.5) is 11.4 Å². The Hall–Kier alpha value is -2.89. The average molecular weight is 271 g/mol. The molecule has 2 rings (SSSR count). The van der Waals surface area contributed by atoms with Crippen LogP contribution in [0.15, 0.2) is 42.7 Å². The number of carbonyl (C=O) groups is 2. The third kappa shape index (κ3) is 2.92. The van der Waals surface area contributed by atoms with Gasteiger partial charge in [-0.05, 0) is 24.3 Å². The minimum atomic E-state index is -0.470. The van der Waals surface area contributed by atoms with Gasteiger partial charge in [-0.15, -0.1) is 0 Å². The highest BCUT2D eigenvalue weighted by molar-refractivity contribution is 6.07. The predicted octanol–water partition coefficient (Wildman–Crippen LogP) is 1.70. The van der Waals surface area contributed by atoms with Gasteiger partial charge < -0.3 is 15.8 Å². The number of methoxy groups -OCH3 is 1. The molecule has 3 N–H and O–H groups in total. The lowest BCUT2D eigenvalue weighted by atomic mass is 10.2. The zero-order valence-electron chi connectivity index (χ0n) is 10.8. The van der Waals surface area contributed by atoms with Gasteiger partial charge >= 0.3 is 5.97 Å². The smallest absolute Gasteiger partial charge is 0.337 e. The molecule has 0 saturated heterocycles. The monoisotopic (exact) mass is 271 g/mol. The number of anilines is 2. The van der Waals surface area contributed by atoms with Crippen molar-refractivity contribution in [2.24, 2.45) is 0 Å². The number of rotatable bonds is 3. The highest BCUT2D eigenvalue weighted by Gasteiger charge is 2.11. The molecule has 0 bridgehead atoms. The highest BCUT2D eigenvalue weighted by atomic mass is 16.5. The van der Waals surface area contributed by atoms with Crippen LogP contribution in [-0.4, -0.2) is 24.0 Å². The van der Waals surface area contributed by atoms with E-state index < -0.39 is 11.9 Å². The molecule has 0 aliphatic heterocycles. The number of pyridine rings is 1. The topological polar surface area (TPSA) is 94.3 Å². The van der Waals surface area contributed by atoms with Gasteiger partial charge in [0.05, 0.1) is 18.2 Å². The molecule has 0 radical (unpaired) electrons. The van der Waals surface area contributed by atoms with Gasteiger partial charge in [-0.2, -0.15) is 0 Å². The Bertz CT molecular complexity index is 656. The molecule has 1 heterocycles. The first-order valence-electron chi connectivity index (χ1n) is 5.81. The maximum atomic E-state index is 12.0. The number of nitrogens with one attached hydrogen (secondary N) is 1. The van der Waals surface area contributed by atoms with E-state index in [9.17, 15) is 9.59 Å². The molecule has 102 valence electrons. The summed E-state index contributed by atoms with van der Waals surface area (Å²) in [7, 11) is 1.30. The Morgan fingerprint density at radius 1 is 1.30 bits per heavy atom. The van der Waals surface area contributed by atoms with Crippen molar-refractivity contribution >= 4 is 23.3 Å². The fourth-order valence-electron chi connectivity index (χ4n) is 1.64. The lowest BCUT2D eigenvalue weighted by Crippen LogP contribution is -2.14. The van der Waals surface area contributed by atoms with E-state index in [2.05, 4.69) is 15.0 Å². The quantitative estimate of drug-likeness (QED) is 0.828. The fourth-order valence-corrected chi connectivity index (χ4v) is 1.64. The van der Waals surface area contributed by atoms with E-state index in [1.54, 1.807) is 24.3 Å². The summed E-state index contributed by atoms with van der Waals surface area (Å²) in [6.07, 6.45) is 2.89. The van der Waals surface area contributed by atoms with Gasteiger partial charge in [0, 0.05) is 23.8 Å². The zero-order valence-corrected chi connectivity index (χ0v) is 10.8. The first kappa shape index (κ1) is 13.5. The van der Waals surface area contributed by atoms with Crippen molar-refractivity contribution in [3.63, 3.8) is 0 Å².